The Morgan fingerprint density at radius 2 is 1.78 bits per heavy atom. The van der Waals surface area contributed by atoms with E-state index in [0.717, 1.165) is 22.6 Å². The highest BCUT2D eigenvalue weighted by Gasteiger charge is 2.13. The normalized spacial score (nSPS) is 11.1. The number of hydrogen-bond acceptors (Lipinski definition) is 3. The van der Waals surface area contributed by atoms with Gasteiger partial charge in [0.05, 0.1) is 13.7 Å². The lowest BCUT2D eigenvalue weighted by molar-refractivity contribution is -0.121. The van der Waals surface area contributed by atoms with Gasteiger partial charge in [-0.3, -0.25) is 4.79 Å². The Bertz CT molecular complexity index is 745. The molecule has 2 rings (SSSR count). The van der Waals surface area contributed by atoms with E-state index in [1.165, 1.54) is 5.56 Å². The summed E-state index contributed by atoms with van der Waals surface area (Å²) >= 11 is 0. The van der Waals surface area contributed by atoms with Gasteiger partial charge in [0.15, 0.2) is 0 Å². The summed E-state index contributed by atoms with van der Waals surface area (Å²) in [6.07, 6.45) is 1.18. The van der Waals surface area contributed by atoms with Gasteiger partial charge in [0.25, 0.3) is 0 Å². The van der Waals surface area contributed by atoms with Crippen molar-refractivity contribution < 1.29 is 14.3 Å². The first-order chi connectivity index (χ1) is 12.8. The van der Waals surface area contributed by atoms with Gasteiger partial charge in [-0.05, 0) is 53.6 Å². The van der Waals surface area contributed by atoms with E-state index < -0.39 is 0 Å². The van der Waals surface area contributed by atoms with Gasteiger partial charge in [-0.15, -0.1) is 0 Å². The van der Waals surface area contributed by atoms with Crippen LogP contribution >= 0.6 is 0 Å². The number of hydrogen-bond donors (Lipinski definition) is 1. The first kappa shape index (κ1) is 20.8. The fourth-order valence-electron chi connectivity index (χ4n) is 2.85. The zero-order chi connectivity index (χ0) is 19.9. The van der Waals surface area contributed by atoms with Gasteiger partial charge in [0.1, 0.15) is 18.1 Å². The van der Waals surface area contributed by atoms with Crippen molar-refractivity contribution in [1.82, 2.24) is 5.32 Å². The third-order valence-electron chi connectivity index (χ3n) is 4.51. The molecule has 0 aliphatic carbocycles. The molecule has 0 aromatic heterocycles. The summed E-state index contributed by atoms with van der Waals surface area (Å²) in [4.78, 5) is 12.0. The highest BCUT2D eigenvalue weighted by molar-refractivity contribution is 5.76. The molecule has 0 saturated carbocycles. The minimum Gasteiger partial charge on any atom is -0.496 e. The zero-order valence-electron chi connectivity index (χ0n) is 17.1. The molecule has 0 spiro atoms. The van der Waals surface area contributed by atoms with Crippen LogP contribution in [-0.2, 0) is 16.6 Å². The van der Waals surface area contributed by atoms with Gasteiger partial charge in [0.2, 0.25) is 5.91 Å². The lowest BCUT2D eigenvalue weighted by Gasteiger charge is -2.19. The maximum absolute atomic E-state index is 12.0. The van der Waals surface area contributed by atoms with Gasteiger partial charge in [-0.25, -0.2) is 0 Å². The summed E-state index contributed by atoms with van der Waals surface area (Å²) in [6.45, 7) is 9.53. The fourth-order valence-corrected chi connectivity index (χ4v) is 2.85. The Labute approximate surface area is 162 Å². The Morgan fingerprint density at radius 3 is 2.37 bits per heavy atom. The number of carbonyl (C=O) groups excluding carboxylic acids is 1. The summed E-state index contributed by atoms with van der Waals surface area (Å²) < 4.78 is 11.0. The van der Waals surface area contributed by atoms with E-state index in [4.69, 9.17) is 9.47 Å². The topological polar surface area (TPSA) is 47.6 Å². The number of nitrogens with one attached hydrogen (secondary N) is 1. The molecule has 0 heterocycles. The molecule has 4 nitrogen and oxygen atoms in total. The molecule has 4 heteroatoms. The first-order valence-corrected chi connectivity index (χ1v) is 9.43. The van der Waals surface area contributed by atoms with Crippen LogP contribution in [0, 0.1) is 6.92 Å². The van der Waals surface area contributed by atoms with Crippen LogP contribution in [0.4, 0.5) is 0 Å². The summed E-state index contributed by atoms with van der Waals surface area (Å²) in [7, 11) is 1.66. The summed E-state index contributed by atoms with van der Waals surface area (Å²) in [5, 5.41) is 2.91. The van der Waals surface area contributed by atoms with Crippen LogP contribution in [0.2, 0.25) is 0 Å². The second kappa shape index (κ2) is 9.45. The minimum absolute atomic E-state index is 0.0372. The van der Waals surface area contributed by atoms with Gasteiger partial charge in [-0.1, -0.05) is 45.0 Å². The molecule has 0 aliphatic heterocycles. The van der Waals surface area contributed by atoms with E-state index in [9.17, 15) is 4.79 Å². The largest absolute Gasteiger partial charge is 0.496 e. The van der Waals surface area contributed by atoms with Crippen molar-refractivity contribution in [2.75, 3.05) is 20.3 Å². The number of amides is 1. The molecule has 0 bridgehead atoms. The average molecular weight is 370 g/mol. The van der Waals surface area contributed by atoms with Crippen molar-refractivity contribution in [3.63, 3.8) is 0 Å². The number of methoxy groups -OCH3 is 1. The molecule has 0 radical (unpaired) electrons. The van der Waals surface area contributed by atoms with E-state index >= 15 is 0 Å². The maximum Gasteiger partial charge on any atom is 0.220 e. The first-order valence-electron chi connectivity index (χ1n) is 9.43. The van der Waals surface area contributed by atoms with Crippen molar-refractivity contribution in [3.05, 3.63) is 59.2 Å². The molecule has 0 aliphatic rings. The van der Waals surface area contributed by atoms with Crippen molar-refractivity contribution in [2.45, 2.75) is 46.0 Å². The number of ether oxygens (including phenoxy) is 2. The lowest BCUT2D eigenvalue weighted by Crippen LogP contribution is -2.28. The van der Waals surface area contributed by atoms with Crippen LogP contribution in [0.15, 0.2) is 42.5 Å². The maximum atomic E-state index is 12.0. The van der Waals surface area contributed by atoms with Crippen LogP contribution in [0.5, 0.6) is 11.5 Å². The van der Waals surface area contributed by atoms with Crippen molar-refractivity contribution in [2.24, 2.45) is 0 Å². The van der Waals surface area contributed by atoms with Crippen molar-refractivity contribution in [3.8, 4) is 11.5 Å². The van der Waals surface area contributed by atoms with E-state index in [2.05, 4.69) is 44.3 Å². The van der Waals surface area contributed by atoms with E-state index in [0.29, 0.717) is 26.0 Å². The number of benzene rings is 2. The van der Waals surface area contributed by atoms with Crippen LogP contribution < -0.4 is 14.8 Å². The quantitative estimate of drug-likeness (QED) is 0.700. The standard InChI is InChI=1S/C23H31NO3/c1-17-16-18(6-12-21(17)26-5)7-13-22(25)24-14-15-27-20-10-8-19(9-11-20)23(2,3)4/h6,8-12,16H,7,13-15H2,1-5H3,(H,24,25). The third-order valence-corrected chi connectivity index (χ3v) is 4.51. The van der Waals surface area contributed by atoms with Gasteiger partial charge >= 0.3 is 0 Å². The molecule has 1 amide bonds. The summed E-state index contributed by atoms with van der Waals surface area (Å²) in [5.41, 5.74) is 3.63. The van der Waals surface area contributed by atoms with Gasteiger partial charge in [0, 0.05) is 6.42 Å². The second-order valence-electron chi connectivity index (χ2n) is 7.78. The van der Waals surface area contributed by atoms with Crippen molar-refractivity contribution in [1.29, 1.82) is 0 Å². The van der Waals surface area contributed by atoms with Crippen molar-refractivity contribution >= 4 is 5.91 Å². The lowest BCUT2D eigenvalue weighted by atomic mass is 9.87. The zero-order valence-corrected chi connectivity index (χ0v) is 17.1. The second-order valence-corrected chi connectivity index (χ2v) is 7.78. The van der Waals surface area contributed by atoms with Gasteiger partial charge < -0.3 is 14.8 Å². The molecular weight excluding hydrogens is 338 g/mol. The molecule has 0 atom stereocenters. The Hall–Kier alpha value is -2.49. The fraction of sp³-hybridized carbons (Fsp3) is 0.435. The molecule has 1 N–H and O–H groups in total. The number of aryl methyl sites for hydroxylation is 2. The van der Waals surface area contributed by atoms with Crippen LogP contribution in [0.25, 0.3) is 0 Å². The summed E-state index contributed by atoms with van der Waals surface area (Å²) in [6, 6.07) is 14.2. The van der Waals surface area contributed by atoms with Crippen LogP contribution in [-0.4, -0.2) is 26.2 Å². The van der Waals surface area contributed by atoms with Gasteiger partial charge in [-0.2, -0.15) is 0 Å². The van der Waals surface area contributed by atoms with E-state index in [1.54, 1.807) is 7.11 Å². The summed E-state index contributed by atoms with van der Waals surface area (Å²) in [5.74, 6) is 1.73. The van der Waals surface area contributed by atoms with Crippen LogP contribution in [0.1, 0.15) is 43.9 Å². The molecule has 0 fully saturated rings. The molecular formula is C23H31NO3. The predicted octanol–water partition coefficient (Wildman–Crippen LogP) is 4.43. The molecule has 0 unspecified atom stereocenters. The molecule has 27 heavy (non-hydrogen) atoms. The SMILES string of the molecule is COc1ccc(CCC(=O)NCCOc2ccc(C(C)(C)C)cc2)cc1C. The molecule has 2 aromatic carbocycles. The highest BCUT2D eigenvalue weighted by Crippen LogP contribution is 2.24. The van der Waals surface area contributed by atoms with E-state index in [-0.39, 0.29) is 11.3 Å². The smallest absolute Gasteiger partial charge is 0.220 e. The number of rotatable bonds is 8. The molecule has 146 valence electrons. The Morgan fingerprint density at radius 1 is 1.07 bits per heavy atom. The minimum atomic E-state index is 0.0372. The van der Waals surface area contributed by atoms with Crippen LogP contribution in [0.3, 0.4) is 0 Å². The highest BCUT2D eigenvalue weighted by atomic mass is 16.5. The van der Waals surface area contributed by atoms with E-state index in [1.807, 2.05) is 31.2 Å². The Kier molecular flexibility index (Phi) is 7.28. The predicted molar refractivity (Wildman–Crippen MR) is 110 cm³/mol. The average Bonchev–Trinajstić information content (AvgIpc) is 2.63. The number of carbonyl (C=O) groups is 1. The third kappa shape index (κ3) is 6.63. The monoisotopic (exact) mass is 369 g/mol. The molecule has 0 saturated heterocycles. The Balaban J connectivity index is 1.68. The molecule has 2 aromatic rings.